The molecule has 2 aliphatic heterocycles. The largest absolute Gasteiger partial charge is 0.482 e. The first-order chi connectivity index (χ1) is 16.0. The van der Waals surface area contributed by atoms with Crippen LogP contribution in [0.4, 0.5) is 18.9 Å². The van der Waals surface area contributed by atoms with Crippen LogP contribution in [-0.4, -0.2) is 52.7 Å². The Bertz CT molecular complexity index is 1090. The third-order valence-electron chi connectivity index (χ3n) is 6.59. The minimum Gasteiger partial charge on any atom is -0.482 e. The summed E-state index contributed by atoms with van der Waals surface area (Å²) < 4.78 is 45.3. The number of alkyl halides is 3. The van der Waals surface area contributed by atoms with Crippen molar-refractivity contribution in [2.24, 2.45) is 0 Å². The van der Waals surface area contributed by atoms with Crippen LogP contribution in [0.3, 0.4) is 0 Å². The maximum absolute atomic E-state index is 13.5. The number of carbonyl (C=O) groups is 2. The number of likely N-dealkylation sites (tertiary alicyclic amines) is 1. The number of carboxylic acids is 1. The number of amides is 1. The smallest absolute Gasteiger partial charge is 0.416 e. The van der Waals surface area contributed by atoms with Crippen LogP contribution in [0.2, 0.25) is 0 Å². The Balaban J connectivity index is 1.61. The highest BCUT2D eigenvalue weighted by Gasteiger charge is 2.51. The molecule has 0 aliphatic carbocycles. The van der Waals surface area contributed by atoms with Gasteiger partial charge in [-0.05, 0) is 69.5 Å². The van der Waals surface area contributed by atoms with Gasteiger partial charge < -0.3 is 19.6 Å². The summed E-state index contributed by atoms with van der Waals surface area (Å²) in [6.45, 7) is 4.03. The molecule has 34 heavy (non-hydrogen) atoms. The molecule has 2 fully saturated rings. The van der Waals surface area contributed by atoms with E-state index in [9.17, 15) is 22.8 Å². The van der Waals surface area contributed by atoms with E-state index >= 15 is 0 Å². The monoisotopic (exact) mass is 476 g/mol. The highest BCUT2D eigenvalue weighted by Crippen LogP contribution is 2.45. The molecule has 2 aromatic rings. The maximum Gasteiger partial charge on any atom is 0.416 e. The zero-order valence-corrected chi connectivity index (χ0v) is 19.0. The van der Waals surface area contributed by atoms with Crippen LogP contribution in [-0.2, 0) is 11.0 Å². The molecule has 0 radical (unpaired) electrons. The first-order valence-electron chi connectivity index (χ1n) is 11.2. The fourth-order valence-corrected chi connectivity index (χ4v) is 5.30. The van der Waals surface area contributed by atoms with Crippen LogP contribution in [0.5, 0.6) is 5.75 Å². The van der Waals surface area contributed by atoms with Gasteiger partial charge in [-0.25, -0.2) is 4.79 Å². The minimum atomic E-state index is -4.43. The van der Waals surface area contributed by atoms with Gasteiger partial charge in [-0.3, -0.25) is 4.79 Å². The van der Waals surface area contributed by atoms with Gasteiger partial charge >= 0.3 is 12.1 Å². The van der Waals surface area contributed by atoms with E-state index in [0.717, 1.165) is 18.9 Å². The first kappa shape index (κ1) is 23.9. The lowest BCUT2D eigenvalue weighted by atomic mass is 9.93. The average molecular weight is 476 g/mol. The van der Waals surface area contributed by atoms with Gasteiger partial charge in [-0.1, -0.05) is 12.1 Å². The molecule has 2 saturated heterocycles. The minimum absolute atomic E-state index is 0.109. The van der Waals surface area contributed by atoms with E-state index in [0.29, 0.717) is 30.0 Å². The molecule has 4 rings (SSSR count). The number of rotatable bonds is 5. The van der Waals surface area contributed by atoms with Gasteiger partial charge in [0, 0.05) is 23.3 Å². The number of hydrogen-bond acceptors (Lipinski definition) is 4. The van der Waals surface area contributed by atoms with E-state index in [2.05, 4.69) is 0 Å². The highest BCUT2D eigenvalue weighted by atomic mass is 19.4. The molecule has 2 heterocycles. The van der Waals surface area contributed by atoms with Crippen LogP contribution in [0.25, 0.3) is 0 Å². The molecule has 6 nitrogen and oxygen atoms in total. The van der Waals surface area contributed by atoms with Crippen molar-refractivity contribution in [2.45, 2.75) is 56.9 Å². The number of aliphatic carboxylic acids is 1. The molecule has 1 N–H and O–H groups in total. The summed E-state index contributed by atoms with van der Waals surface area (Å²) in [7, 11) is 0. The average Bonchev–Trinajstić information content (AvgIpc) is 3.06. The second kappa shape index (κ2) is 8.85. The Labute approximate surface area is 195 Å². The van der Waals surface area contributed by atoms with Gasteiger partial charge in [0.15, 0.2) is 6.61 Å². The van der Waals surface area contributed by atoms with Gasteiger partial charge in [0.2, 0.25) is 0 Å². The zero-order valence-electron chi connectivity index (χ0n) is 19.0. The summed E-state index contributed by atoms with van der Waals surface area (Å²) in [5.41, 5.74) is -0.245. The number of hydrogen-bond donors (Lipinski definition) is 1. The van der Waals surface area contributed by atoms with Crippen LogP contribution in [0.1, 0.15) is 49.0 Å². The number of carbonyl (C=O) groups excluding carboxylic acids is 1. The number of anilines is 1. The number of nitrogens with zero attached hydrogens (tertiary/aromatic N) is 2. The number of ether oxygens (including phenoxy) is 1. The standard InChI is InChI=1S/C25H27F3N2O4/c1-24(2)14-21-20(30(24)18-8-4-7-17(13-18)25(26,27)28)10-5-11-29(21)23(33)16-6-3-9-19(12-16)34-15-22(31)32/h3-4,6-9,12-13,20-21H,5,10-11,14-15H2,1-2H3,(H,31,32)/t20-,21-/m0/s1. The van der Waals surface area contributed by atoms with Crippen molar-refractivity contribution in [3.63, 3.8) is 0 Å². The summed E-state index contributed by atoms with van der Waals surface area (Å²) >= 11 is 0. The van der Waals surface area contributed by atoms with Crippen molar-refractivity contribution in [2.75, 3.05) is 18.1 Å². The lowest BCUT2D eigenvalue weighted by molar-refractivity contribution is -0.139. The number of piperidine rings is 1. The van der Waals surface area contributed by atoms with Crippen LogP contribution in [0, 0.1) is 0 Å². The Kier molecular flexibility index (Phi) is 6.22. The van der Waals surface area contributed by atoms with Crippen LogP contribution < -0.4 is 9.64 Å². The summed E-state index contributed by atoms with van der Waals surface area (Å²) in [4.78, 5) is 28.1. The summed E-state index contributed by atoms with van der Waals surface area (Å²) in [5, 5.41) is 8.82. The van der Waals surface area contributed by atoms with E-state index in [4.69, 9.17) is 9.84 Å². The summed E-state index contributed by atoms with van der Waals surface area (Å²) in [6.07, 6.45) is -2.31. The van der Waals surface area contributed by atoms with Gasteiger partial charge in [0.05, 0.1) is 17.6 Å². The van der Waals surface area contributed by atoms with Crippen molar-refractivity contribution in [1.29, 1.82) is 0 Å². The van der Waals surface area contributed by atoms with Crippen molar-refractivity contribution in [3.8, 4) is 5.75 Å². The van der Waals surface area contributed by atoms with Gasteiger partial charge in [-0.2, -0.15) is 13.2 Å². The molecule has 0 unspecified atom stereocenters. The highest BCUT2D eigenvalue weighted by molar-refractivity contribution is 5.95. The molecule has 1 amide bonds. The number of carboxylic acid groups (broad SMARTS) is 1. The molecule has 0 saturated carbocycles. The van der Waals surface area contributed by atoms with E-state index in [-0.39, 0.29) is 18.0 Å². The summed E-state index contributed by atoms with van der Waals surface area (Å²) in [6, 6.07) is 11.5. The molecule has 0 aromatic heterocycles. The van der Waals surface area contributed by atoms with Crippen molar-refractivity contribution < 1.29 is 32.6 Å². The topological polar surface area (TPSA) is 70.1 Å². The predicted molar refractivity (Wildman–Crippen MR) is 120 cm³/mol. The van der Waals surface area contributed by atoms with E-state index in [1.807, 2.05) is 18.7 Å². The Morgan fingerprint density at radius 1 is 1.12 bits per heavy atom. The molecule has 0 spiro atoms. The SMILES string of the molecule is CC1(C)C[C@H]2[C@H](CCCN2C(=O)c2cccc(OCC(=O)O)c2)N1c1cccc(C(F)(F)F)c1. The Hall–Kier alpha value is -3.23. The molecule has 2 aromatic carbocycles. The molecular weight excluding hydrogens is 449 g/mol. The molecule has 2 atom stereocenters. The normalized spacial score (nSPS) is 21.8. The van der Waals surface area contributed by atoms with E-state index in [1.54, 1.807) is 29.2 Å². The fourth-order valence-electron chi connectivity index (χ4n) is 5.30. The van der Waals surface area contributed by atoms with E-state index < -0.39 is 29.9 Å². The number of halogens is 3. The van der Waals surface area contributed by atoms with Crippen LogP contribution in [0.15, 0.2) is 48.5 Å². The fraction of sp³-hybridized carbons (Fsp3) is 0.440. The quantitative estimate of drug-likeness (QED) is 0.670. The molecule has 2 aliphatic rings. The van der Waals surface area contributed by atoms with Crippen molar-refractivity contribution >= 4 is 17.6 Å². The third kappa shape index (κ3) is 4.69. The molecular formula is C25H27F3N2O4. The maximum atomic E-state index is 13.5. The van der Waals surface area contributed by atoms with E-state index in [1.165, 1.54) is 18.2 Å². The lowest BCUT2D eigenvalue weighted by Crippen LogP contribution is -2.52. The number of benzene rings is 2. The Morgan fingerprint density at radius 3 is 2.56 bits per heavy atom. The molecule has 9 heteroatoms. The second-order valence-corrected chi connectivity index (χ2v) is 9.42. The van der Waals surface area contributed by atoms with Crippen molar-refractivity contribution in [3.05, 3.63) is 59.7 Å². The molecule has 0 bridgehead atoms. The van der Waals surface area contributed by atoms with Gasteiger partial charge in [-0.15, -0.1) is 0 Å². The van der Waals surface area contributed by atoms with Crippen LogP contribution >= 0.6 is 0 Å². The van der Waals surface area contributed by atoms with Crippen molar-refractivity contribution in [1.82, 2.24) is 4.90 Å². The predicted octanol–water partition coefficient (Wildman–Crippen LogP) is 4.83. The molecule has 182 valence electrons. The third-order valence-corrected chi connectivity index (χ3v) is 6.59. The summed E-state index contributed by atoms with van der Waals surface area (Å²) in [5.74, 6) is -1.02. The lowest BCUT2D eigenvalue weighted by Gasteiger charge is -2.42. The second-order valence-electron chi connectivity index (χ2n) is 9.42. The Morgan fingerprint density at radius 2 is 1.85 bits per heavy atom. The van der Waals surface area contributed by atoms with Gasteiger partial charge in [0.1, 0.15) is 5.75 Å². The zero-order chi connectivity index (χ0) is 24.7. The first-order valence-corrected chi connectivity index (χ1v) is 11.2. The van der Waals surface area contributed by atoms with Gasteiger partial charge in [0.25, 0.3) is 5.91 Å². The number of fused-ring (bicyclic) bond motifs is 1.